The van der Waals surface area contributed by atoms with Crippen molar-refractivity contribution in [2.24, 2.45) is 0 Å². The van der Waals surface area contributed by atoms with E-state index >= 15 is 0 Å². The van der Waals surface area contributed by atoms with Gasteiger partial charge in [-0.05, 0) is 87.6 Å². The van der Waals surface area contributed by atoms with E-state index in [4.69, 9.17) is 9.25 Å². The normalized spacial score (nSPS) is 18.4. The fourth-order valence-corrected chi connectivity index (χ4v) is 8.36. The van der Waals surface area contributed by atoms with Crippen LogP contribution in [0.2, 0.25) is 0 Å². The number of rotatable bonds is 15. The third-order valence-electron chi connectivity index (χ3n) is 10.5. The van der Waals surface area contributed by atoms with Crippen molar-refractivity contribution in [1.82, 2.24) is 9.64 Å². The largest absolute Gasteiger partial charge is 0.460 e. The lowest BCUT2D eigenvalue weighted by atomic mass is 9.77. The Labute approximate surface area is 340 Å². The SMILES string of the molecule is CC[N+](CC)=c1ccc2c(C=CC=CC=C3N(CCCS(=O)(=O)O)c4ccc(S(=O)(=O)O)cc4[C@]3(C)CCCC(=O)ON3C(=O)CCC3=O)cc(C(C)(C)C)oc-2c1. The number of hydrogen-bond acceptors (Lipinski definition) is 10. The molecule has 1 aromatic rings. The maximum Gasteiger partial charge on any atom is 0.333 e. The Morgan fingerprint density at radius 1 is 0.948 bits per heavy atom. The second kappa shape index (κ2) is 17.5. The van der Waals surface area contributed by atoms with Crippen molar-refractivity contribution in [2.75, 3.05) is 30.3 Å². The molecule has 14 nitrogen and oxygen atoms in total. The van der Waals surface area contributed by atoms with E-state index in [0.29, 0.717) is 22.0 Å². The molecule has 1 saturated heterocycles. The van der Waals surface area contributed by atoms with Gasteiger partial charge in [-0.1, -0.05) is 45.1 Å². The average molecular weight is 839 g/mol. The van der Waals surface area contributed by atoms with E-state index in [2.05, 4.69) is 51.3 Å². The standard InChI is InChI=1S/C42H51N3O11S2/c1-7-43(8-2)30-17-19-32-29(26-37(41(3,4)5)55-35(32)27-30)14-10-9-11-15-36-42(6,23-12-16-40(48)56-45-38(46)21-22-39(45)47)33-28-31(58(52,53)54)18-20-34(33)44(36)24-13-25-57(49,50)51/h9-11,14-15,17-20,26-28H,7-8,12-13,16,21-25H2,1-6H3,(H-,49,50,51,52,53,54)/p+1/t42-/m0/s1. The van der Waals surface area contributed by atoms with E-state index in [1.807, 2.05) is 48.3 Å². The molecule has 0 bridgehead atoms. The van der Waals surface area contributed by atoms with Gasteiger partial charge in [-0.25, -0.2) is 9.37 Å². The molecule has 2 amide bonds. The van der Waals surface area contributed by atoms with Gasteiger partial charge in [0.05, 0.1) is 16.7 Å². The van der Waals surface area contributed by atoms with Crippen molar-refractivity contribution >= 4 is 49.8 Å². The van der Waals surface area contributed by atoms with E-state index in [-0.39, 0.29) is 55.4 Å². The molecule has 1 aliphatic carbocycles. The van der Waals surface area contributed by atoms with Gasteiger partial charge in [0, 0.05) is 59.7 Å². The molecule has 5 rings (SSSR count). The van der Waals surface area contributed by atoms with Crippen LogP contribution in [0.15, 0.2) is 81.8 Å². The Morgan fingerprint density at radius 3 is 2.26 bits per heavy atom. The van der Waals surface area contributed by atoms with Crippen LogP contribution in [0.4, 0.5) is 5.69 Å². The van der Waals surface area contributed by atoms with Gasteiger partial charge in [-0.2, -0.15) is 16.8 Å². The zero-order valence-electron chi connectivity index (χ0n) is 33.7. The number of fused-ring (bicyclic) bond motifs is 2. The van der Waals surface area contributed by atoms with Gasteiger partial charge >= 0.3 is 5.97 Å². The number of benzene rings is 2. The number of amides is 2. The molecule has 3 heterocycles. The molecular formula is C42H52N3O11S2+. The molecule has 58 heavy (non-hydrogen) atoms. The van der Waals surface area contributed by atoms with E-state index in [0.717, 1.165) is 41.1 Å². The fourth-order valence-electron chi connectivity index (χ4n) is 7.36. The van der Waals surface area contributed by atoms with Gasteiger partial charge in [0.2, 0.25) is 5.36 Å². The molecule has 0 radical (unpaired) electrons. The molecule has 1 fully saturated rings. The summed E-state index contributed by atoms with van der Waals surface area (Å²) in [6, 6.07) is 12.3. The Balaban J connectivity index is 1.52. The van der Waals surface area contributed by atoms with Crippen LogP contribution in [0.1, 0.15) is 97.0 Å². The summed E-state index contributed by atoms with van der Waals surface area (Å²) in [5, 5.41) is 1.54. The molecule has 2 N–H and O–H groups in total. The summed E-state index contributed by atoms with van der Waals surface area (Å²) in [6.07, 6.45) is 9.47. The van der Waals surface area contributed by atoms with Crippen LogP contribution in [-0.2, 0) is 50.3 Å². The first-order chi connectivity index (χ1) is 27.2. The Bertz CT molecular complexity index is 2420. The van der Waals surface area contributed by atoms with Crippen LogP contribution in [0, 0.1) is 0 Å². The molecule has 1 atom stereocenters. The minimum absolute atomic E-state index is 0.0256. The van der Waals surface area contributed by atoms with Crippen LogP contribution in [0.25, 0.3) is 17.4 Å². The molecule has 0 spiro atoms. The number of imide groups is 1. The molecule has 1 aromatic carbocycles. The average Bonchev–Trinajstić information content (AvgIpc) is 3.57. The number of hydroxylamine groups is 2. The minimum Gasteiger partial charge on any atom is -0.460 e. The van der Waals surface area contributed by atoms with Crippen LogP contribution in [-0.4, -0.2) is 74.2 Å². The van der Waals surface area contributed by atoms with Gasteiger partial charge < -0.3 is 14.2 Å². The highest BCUT2D eigenvalue weighted by Crippen LogP contribution is 2.51. The summed E-state index contributed by atoms with van der Waals surface area (Å²) < 4.78 is 76.1. The van der Waals surface area contributed by atoms with E-state index in [9.17, 15) is 40.3 Å². The molecule has 16 heteroatoms. The Hall–Kier alpha value is -4.90. The molecular weight excluding hydrogens is 787 g/mol. The summed E-state index contributed by atoms with van der Waals surface area (Å²) in [6.45, 7) is 14.1. The number of carbonyl (C=O) groups is 3. The smallest absolute Gasteiger partial charge is 0.333 e. The van der Waals surface area contributed by atoms with Crippen molar-refractivity contribution in [3.8, 4) is 11.3 Å². The van der Waals surface area contributed by atoms with E-state index in [1.165, 1.54) is 18.2 Å². The maximum atomic E-state index is 12.8. The summed E-state index contributed by atoms with van der Waals surface area (Å²) in [5.41, 5.74) is 2.30. The van der Waals surface area contributed by atoms with Gasteiger partial charge in [0.15, 0.2) is 0 Å². The number of carbonyl (C=O) groups excluding carboxylic acids is 3. The molecule has 0 unspecified atom stereocenters. The maximum absolute atomic E-state index is 12.8. The summed E-state index contributed by atoms with van der Waals surface area (Å²) in [5.74, 6) is -0.946. The first kappa shape index (κ1) is 44.2. The monoisotopic (exact) mass is 838 g/mol. The third kappa shape index (κ3) is 10.2. The third-order valence-corrected chi connectivity index (χ3v) is 12.1. The second-order valence-corrected chi connectivity index (χ2v) is 18.6. The quantitative estimate of drug-likeness (QED) is 0.0784. The van der Waals surface area contributed by atoms with Crippen LogP contribution < -0.4 is 14.8 Å². The molecule has 312 valence electrons. The molecule has 0 aromatic heterocycles. The zero-order valence-corrected chi connectivity index (χ0v) is 35.4. The van der Waals surface area contributed by atoms with Gasteiger partial charge in [-0.15, -0.1) is 5.06 Å². The van der Waals surface area contributed by atoms with E-state index < -0.39 is 49.2 Å². The Kier molecular flexibility index (Phi) is 13.4. The first-order valence-corrected chi connectivity index (χ1v) is 22.3. The van der Waals surface area contributed by atoms with Crippen molar-refractivity contribution in [2.45, 2.75) is 95.8 Å². The van der Waals surface area contributed by atoms with Crippen molar-refractivity contribution in [3.63, 3.8) is 0 Å². The summed E-state index contributed by atoms with van der Waals surface area (Å²) in [4.78, 5) is 43.3. The fraction of sp³-hybridized carbons (Fsp3) is 0.429. The number of nitrogens with zero attached hydrogens (tertiary/aromatic N) is 3. The topological polar surface area (TPSA) is 192 Å². The van der Waals surface area contributed by atoms with Crippen molar-refractivity contribution < 1.29 is 49.6 Å². The predicted molar refractivity (Wildman–Crippen MR) is 220 cm³/mol. The highest BCUT2D eigenvalue weighted by atomic mass is 32.2. The number of anilines is 1. The highest BCUT2D eigenvalue weighted by Gasteiger charge is 2.44. The molecule has 3 aliphatic heterocycles. The summed E-state index contributed by atoms with van der Waals surface area (Å²) in [7, 11) is -8.91. The van der Waals surface area contributed by atoms with Crippen molar-refractivity contribution in [1.29, 1.82) is 0 Å². The lowest BCUT2D eigenvalue weighted by Gasteiger charge is -2.30. The minimum atomic E-state index is -4.62. The van der Waals surface area contributed by atoms with Crippen molar-refractivity contribution in [3.05, 3.63) is 94.7 Å². The van der Waals surface area contributed by atoms with Crippen LogP contribution in [0.3, 0.4) is 0 Å². The summed E-state index contributed by atoms with van der Waals surface area (Å²) >= 11 is 0. The van der Waals surface area contributed by atoms with E-state index in [1.54, 1.807) is 6.08 Å². The lowest BCUT2D eigenvalue weighted by Crippen LogP contribution is -2.32. The first-order valence-electron chi connectivity index (χ1n) is 19.3. The van der Waals surface area contributed by atoms with Gasteiger partial charge in [0.1, 0.15) is 24.6 Å². The van der Waals surface area contributed by atoms with Gasteiger partial charge in [0.25, 0.3) is 32.1 Å². The second-order valence-electron chi connectivity index (χ2n) is 15.6. The zero-order chi connectivity index (χ0) is 42.6. The van der Waals surface area contributed by atoms with Crippen LogP contribution >= 0.6 is 0 Å². The lowest BCUT2D eigenvalue weighted by molar-refractivity contribution is -0.197. The molecule has 4 aliphatic rings. The number of hydrogen-bond donors (Lipinski definition) is 2. The Morgan fingerprint density at radius 2 is 1.64 bits per heavy atom. The van der Waals surface area contributed by atoms with Crippen LogP contribution in [0.5, 0.6) is 0 Å². The highest BCUT2D eigenvalue weighted by molar-refractivity contribution is 7.86. The number of allylic oxidation sites excluding steroid dienone is 5. The van der Waals surface area contributed by atoms with Gasteiger partial charge in [-0.3, -0.25) is 18.7 Å². The predicted octanol–water partition coefficient (Wildman–Crippen LogP) is 6.03. The molecule has 0 saturated carbocycles.